The van der Waals surface area contributed by atoms with Crippen LogP contribution in [0.4, 0.5) is 10.1 Å². The van der Waals surface area contributed by atoms with E-state index in [1.54, 1.807) is 24.3 Å². The predicted octanol–water partition coefficient (Wildman–Crippen LogP) is 1.94. The number of thiocarbonyl (C=S) groups is 1. The molecule has 1 aliphatic rings. The van der Waals surface area contributed by atoms with E-state index in [1.807, 2.05) is 0 Å². The number of para-hydroxylation sites is 2. The number of ether oxygens (including phenoxy) is 1. The zero-order valence-corrected chi connectivity index (χ0v) is 17.0. The lowest BCUT2D eigenvalue weighted by molar-refractivity contribution is -0.130. The van der Waals surface area contributed by atoms with Crippen molar-refractivity contribution in [3.8, 4) is 5.75 Å². The molecule has 0 bridgehead atoms. The first-order valence-corrected chi connectivity index (χ1v) is 9.33. The topological polar surface area (TPSA) is 91.0 Å². The molecule has 1 atom stereocenters. The number of amides is 3. The number of nitrogens with zero attached hydrogens (tertiary/aromatic N) is 2. The molecule has 8 nitrogen and oxygen atoms in total. The minimum absolute atomic E-state index is 0.0276. The minimum Gasteiger partial charge on any atom is -0.495 e. The highest BCUT2D eigenvalue weighted by Gasteiger charge is 2.42. The van der Waals surface area contributed by atoms with Crippen LogP contribution < -0.4 is 15.5 Å². The maximum absolute atomic E-state index is 13.4. The molecule has 0 radical (unpaired) electrons. The molecule has 30 heavy (non-hydrogen) atoms. The highest BCUT2D eigenvalue weighted by Crippen LogP contribution is 2.24. The number of anilines is 1. The van der Waals surface area contributed by atoms with Crippen molar-refractivity contribution in [1.29, 1.82) is 0 Å². The Morgan fingerprint density at radius 3 is 2.63 bits per heavy atom. The quantitative estimate of drug-likeness (QED) is 0.681. The SMILES string of the molecule is COc1ccccc1NC(=O)C[C@@H]1C(=O)N(C)C(=S)N1NC(=O)c1cccc(F)c1. The molecule has 0 spiro atoms. The number of halogens is 1. The summed E-state index contributed by atoms with van der Waals surface area (Å²) >= 11 is 5.22. The number of benzene rings is 2. The van der Waals surface area contributed by atoms with Crippen LogP contribution in [-0.4, -0.2) is 52.9 Å². The van der Waals surface area contributed by atoms with Gasteiger partial charge in [-0.05, 0) is 42.5 Å². The molecule has 1 fully saturated rings. The fourth-order valence-corrected chi connectivity index (χ4v) is 3.22. The Balaban J connectivity index is 1.75. The van der Waals surface area contributed by atoms with Gasteiger partial charge in [0.2, 0.25) is 5.91 Å². The van der Waals surface area contributed by atoms with Gasteiger partial charge in [-0.25, -0.2) is 9.40 Å². The standard InChI is InChI=1S/C20H19FN4O4S/c1-24-19(28)15(11-17(26)22-14-8-3-4-9-16(14)29-2)25(20(24)30)23-18(27)12-6-5-7-13(21)10-12/h3-10,15H,11H2,1-2H3,(H,22,26)(H,23,27)/t15-/m1/s1. The predicted molar refractivity (Wildman–Crippen MR) is 111 cm³/mol. The summed E-state index contributed by atoms with van der Waals surface area (Å²) in [4.78, 5) is 38.8. The summed E-state index contributed by atoms with van der Waals surface area (Å²) in [6.45, 7) is 0. The Bertz CT molecular complexity index is 1020. The van der Waals surface area contributed by atoms with Gasteiger partial charge in [-0.3, -0.25) is 24.7 Å². The highest BCUT2D eigenvalue weighted by atomic mass is 32.1. The molecular formula is C20H19FN4O4S. The van der Waals surface area contributed by atoms with Crippen LogP contribution in [0.2, 0.25) is 0 Å². The molecule has 0 aromatic heterocycles. The molecule has 10 heteroatoms. The third-order valence-corrected chi connectivity index (χ3v) is 4.96. The average Bonchev–Trinajstić information content (AvgIpc) is 2.92. The van der Waals surface area contributed by atoms with Crippen LogP contribution in [0.1, 0.15) is 16.8 Å². The first-order valence-electron chi connectivity index (χ1n) is 8.92. The van der Waals surface area contributed by atoms with Crippen LogP contribution in [0.15, 0.2) is 48.5 Å². The molecule has 2 aromatic carbocycles. The van der Waals surface area contributed by atoms with Crippen molar-refractivity contribution in [3.05, 3.63) is 59.9 Å². The molecule has 0 aliphatic carbocycles. The van der Waals surface area contributed by atoms with Gasteiger partial charge in [0.1, 0.15) is 17.6 Å². The van der Waals surface area contributed by atoms with Crippen LogP contribution >= 0.6 is 12.2 Å². The van der Waals surface area contributed by atoms with Crippen LogP contribution in [0.3, 0.4) is 0 Å². The Kier molecular flexibility index (Phi) is 6.26. The number of hydrogen-bond acceptors (Lipinski definition) is 5. The molecule has 2 aromatic rings. The van der Waals surface area contributed by atoms with E-state index in [4.69, 9.17) is 17.0 Å². The van der Waals surface area contributed by atoms with Gasteiger partial charge in [0.05, 0.1) is 19.2 Å². The van der Waals surface area contributed by atoms with Gasteiger partial charge in [-0.1, -0.05) is 18.2 Å². The van der Waals surface area contributed by atoms with E-state index in [0.29, 0.717) is 11.4 Å². The lowest BCUT2D eigenvalue weighted by Gasteiger charge is -2.24. The van der Waals surface area contributed by atoms with Crippen molar-refractivity contribution >= 4 is 40.7 Å². The Morgan fingerprint density at radius 1 is 1.20 bits per heavy atom. The van der Waals surface area contributed by atoms with Crippen molar-refractivity contribution in [3.63, 3.8) is 0 Å². The molecule has 1 heterocycles. The summed E-state index contributed by atoms with van der Waals surface area (Å²) in [7, 11) is 2.92. The van der Waals surface area contributed by atoms with Gasteiger partial charge >= 0.3 is 0 Å². The van der Waals surface area contributed by atoms with Crippen molar-refractivity contribution in [1.82, 2.24) is 15.3 Å². The van der Waals surface area contributed by atoms with Crippen molar-refractivity contribution in [2.45, 2.75) is 12.5 Å². The molecule has 1 saturated heterocycles. The van der Waals surface area contributed by atoms with Crippen molar-refractivity contribution in [2.75, 3.05) is 19.5 Å². The van der Waals surface area contributed by atoms with Crippen LogP contribution in [-0.2, 0) is 9.59 Å². The summed E-state index contributed by atoms with van der Waals surface area (Å²) < 4.78 is 18.6. The molecule has 0 unspecified atom stereocenters. The fraction of sp³-hybridized carbons (Fsp3) is 0.200. The van der Waals surface area contributed by atoms with Crippen LogP contribution in [0, 0.1) is 5.82 Å². The van der Waals surface area contributed by atoms with E-state index in [9.17, 15) is 18.8 Å². The number of methoxy groups -OCH3 is 1. The molecular weight excluding hydrogens is 411 g/mol. The molecule has 3 amide bonds. The van der Waals surface area contributed by atoms with E-state index < -0.39 is 29.6 Å². The van der Waals surface area contributed by atoms with Gasteiger partial charge < -0.3 is 10.1 Å². The third kappa shape index (κ3) is 4.38. The van der Waals surface area contributed by atoms with Crippen LogP contribution in [0.5, 0.6) is 5.75 Å². The second-order valence-corrected chi connectivity index (χ2v) is 6.83. The normalized spacial score (nSPS) is 15.9. The van der Waals surface area contributed by atoms with E-state index in [2.05, 4.69) is 10.7 Å². The summed E-state index contributed by atoms with van der Waals surface area (Å²) in [6.07, 6.45) is -0.273. The van der Waals surface area contributed by atoms with E-state index >= 15 is 0 Å². The van der Waals surface area contributed by atoms with E-state index in [1.165, 1.54) is 37.3 Å². The highest BCUT2D eigenvalue weighted by molar-refractivity contribution is 7.80. The van der Waals surface area contributed by atoms with E-state index in [-0.39, 0.29) is 17.1 Å². The largest absolute Gasteiger partial charge is 0.495 e. The zero-order chi connectivity index (χ0) is 21.8. The smallest absolute Gasteiger partial charge is 0.269 e. The first kappa shape index (κ1) is 21.2. The maximum Gasteiger partial charge on any atom is 0.269 e. The lowest BCUT2D eigenvalue weighted by atomic mass is 10.1. The Hall–Kier alpha value is -3.53. The summed E-state index contributed by atoms with van der Waals surface area (Å²) in [5, 5.41) is 3.86. The molecule has 1 aliphatic heterocycles. The van der Waals surface area contributed by atoms with Gasteiger partial charge in [-0.15, -0.1) is 0 Å². The molecule has 0 saturated carbocycles. The number of rotatable bonds is 6. The number of likely N-dealkylation sites (N-methyl/N-ethyl adjacent to an activating group) is 1. The first-order chi connectivity index (χ1) is 14.3. The molecule has 3 rings (SSSR count). The zero-order valence-electron chi connectivity index (χ0n) is 16.2. The molecule has 2 N–H and O–H groups in total. The number of carbonyl (C=O) groups excluding carboxylic acids is 3. The summed E-state index contributed by atoms with van der Waals surface area (Å²) in [5.41, 5.74) is 2.99. The lowest BCUT2D eigenvalue weighted by Crippen LogP contribution is -2.49. The van der Waals surface area contributed by atoms with Gasteiger partial charge in [0.15, 0.2) is 5.11 Å². The second kappa shape index (κ2) is 8.87. The number of nitrogens with one attached hydrogen (secondary N) is 2. The molecule has 156 valence electrons. The fourth-order valence-electron chi connectivity index (χ4n) is 2.96. The Morgan fingerprint density at radius 2 is 1.93 bits per heavy atom. The summed E-state index contributed by atoms with van der Waals surface area (Å²) in [5.74, 6) is -1.69. The van der Waals surface area contributed by atoms with Gasteiger partial charge in [0.25, 0.3) is 11.8 Å². The monoisotopic (exact) mass is 430 g/mol. The number of hydrogen-bond donors (Lipinski definition) is 2. The van der Waals surface area contributed by atoms with Gasteiger partial charge in [-0.2, -0.15) is 0 Å². The number of hydrazine groups is 1. The summed E-state index contributed by atoms with van der Waals surface area (Å²) in [6, 6.07) is 10.9. The second-order valence-electron chi connectivity index (χ2n) is 6.47. The van der Waals surface area contributed by atoms with Crippen LogP contribution in [0.25, 0.3) is 0 Å². The third-order valence-electron chi connectivity index (χ3n) is 4.49. The number of carbonyl (C=O) groups is 3. The van der Waals surface area contributed by atoms with Gasteiger partial charge in [0, 0.05) is 12.6 Å². The van der Waals surface area contributed by atoms with E-state index in [0.717, 1.165) is 11.1 Å². The Labute approximate surface area is 177 Å². The van der Waals surface area contributed by atoms with Crippen molar-refractivity contribution in [2.24, 2.45) is 0 Å². The van der Waals surface area contributed by atoms with Crippen molar-refractivity contribution < 1.29 is 23.5 Å². The average molecular weight is 430 g/mol. The maximum atomic E-state index is 13.4. The minimum atomic E-state index is -1.05.